The Kier molecular flexibility index (Phi) is 8.63. The van der Waals surface area contributed by atoms with Gasteiger partial charge in [-0.05, 0) is 5.92 Å². The molecular weight excluding hydrogens is 264 g/mol. The highest BCUT2D eigenvalue weighted by atomic mass is 79.9. The Bertz CT molecular complexity index is 339. The number of hydrogen-bond acceptors (Lipinski definition) is 3. The summed E-state index contributed by atoms with van der Waals surface area (Å²) in [6.45, 7) is 0. The number of quaternary nitrogens is 1. The number of halogens is 1. The average Bonchev–Trinajstić information content (AvgIpc) is 2.50. The van der Waals surface area contributed by atoms with Crippen LogP contribution in [0, 0.1) is 22.5 Å². The molecule has 5 nitrogen and oxygen atoms in total. The Morgan fingerprint density at radius 3 is 2.13 bits per heavy atom. The Balaban J connectivity index is 0. The smallest absolute Gasteiger partial charge is 0.434 e. The van der Waals surface area contributed by atoms with Crippen molar-refractivity contribution in [1.29, 1.82) is 0 Å². The molecule has 1 heterocycles. The number of nitro groups is 1. The molecule has 0 spiro atoms. The van der Waals surface area contributed by atoms with Crippen molar-refractivity contribution in [3.05, 3.63) is 28.0 Å². The first-order chi connectivity index (χ1) is 6.47. The number of rotatable bonds is 1. The highest BCUT2D eigenvalue weighted by molar-refractivity contribution is 5.27. The second-order valence-corrected chi connectivity index (χ2v) is 3.04. The van der Waals surface area contributed by atoms with Crippen LogP contribution in [0.1, 0.15) is 5.76 Å². The third-order valence-electron chi connectivity index (χ3n) is 0.914. The fourth-order valence-corrected chi connectivity index (χ4v) is 0.503. The molecule has 0 bridgehead atoms. The molecule has 0 amide bonds. The lowest BCUT2D eigenvalue weighted by Gasteiger charge is -1.88. The van der Waals surface area contributed by atoms with Gasteiger partial charge in [-0.3, -0.25) is 10.1 Å². The largest absolute Gasteiger partial charge is 1.00 e. The first-order valence-corrected chi connectivity index (χ1v) is 3.95. The predicted octanol–water partition coefficient (Wildman–Crippen LogP) is -3.07. The summed E-state index contributed by atoms with van der Waals surface area (Å²) in [5, 5.41) is 9.97. The summed E-state index contributed by atoms with van der Waals surface area (Å²) >= 11 is 0. The molecule has 15 heavy (non-hydrogen) atoms. The lowest BCUT2D eigenvalue weighted by Crippen LogP contribution is -3.02. The van der Waals surface area contributed by atoms with Crippen LogP contribution in [0.15, 0.2) is 16.5 Å². The van der Waals surface area contributed by atoms with Gasteiger partial charge < -0.3 is 26.3 Å². The quantitative estimate of drug-likeness (QED) is 0.337. The standard InChI is InChI=1S/C6H3NO3.C3H9N.BrH/c1-2-5-3-4-6(10-5)7(8)9;1-4(2)3;/h1,3-4H;1-3H3;1H. The van der Waals surface area contributed by atoms with Crippen LogP contribution in [0.2, 0.25) is 0 Å². The molecule has 0 aromatic carbocycles. The molecular formula is C9H13BrN2O3. The number of furan rings is 1. The zero-order chi connectivity index (χ0) is 11.1. The van der Waals surface area contributed by atoms with Crippen molar-refractivity contribution >= 4 is 5.88 Å². The van der Waals surface area contributed by atoms with E-state index >= 15 is 0 Å². The molecule has 0 radical (unpaired) electrons. The van der Waals surface area contributed by atoms with Crippen LogP contribution < -0.4 is 21.9 Å². The van der Waals surface area contributed by atoms with Crippen molar-refractivity contribution in [3.63, 3.8) is 0 Å². The van der Waals surface area contributed by atoms with Gasteiger partial charge in [0.1, 0.15) is 4.92 Å². The molecule has 84 valence electrons. The number of hydrogen-bond donors (Lipinski definition) is 1. The highest BCUT2D eigenvalue weighted by Crippen LogP contribution is 2.13. The SMILES string of the molecule is C#Cc1ccc([N+](=O)[O-])o1.C[NH+](C)C.[Br-]. The predicted molar refractivity (Wildman–Crippen MR) is 52.0 cm³/mol. The first kappa shape index (κ1) is 16.1. The van der Waals surface area contributed by atoms with E-state index in [0.717, 1.165) is 0 Å². The fraction of sp³-hybridized carbons (Fsp3) is 0.333. The van der Waals surface area contributed by atoms with Crippen molar-refractivity contribution in [3.8, 4) is 12.3 Å². The van der Waals surface area contributed by atoms with Gasteiger partial charge in [-0.15, -0.1) is 6.42 Å². The molecule has 1 aromatic heterocycles. The van der Waals surface area contributed by atoms with Crippen LogP contribution >= 0.6 is 0 Å². The van der Waals surface area contributed by atoms with Gasteiger partial charge in [0.15, 0.2) is 5.76 Å². The summed E-state index contributed by atoms with van der Waals surface area (Å²) in [4.78, 5) is 10.8. The van der Waals surface area contributed by atoms with E-state index in [0.29, 0.717) is 0 Å². The average molecular weight is 277 g/mol. The highest BCUT2D eigenvalue weighted by Gasteiger charge is 2.09. The zero-order valence-corrected chi connectivity index (χ0v) is 10.4. The molecule has 0 aliphatic carbocycles. The molecule has 0 saturated heterocycles. The molecule has 6 heteroatoms. The molecule has 1 aromatic rings. The Morgan fingerprint density at radius 1 is 1.47 bits per heavy atom. The van der Waals surface area contributed by atoms with Crippen molar-refractivity contribution < 1.29 is 31.2 Å². The Hall–Kier alpha value is -1.32. The van der Waals surface area contributed by atoms with Crippen LogP contribution in [0.5, 0.6) is 0 Å². The minimum absolute atomic E-state index is 0. The van der Waals surface area contributed by atoms with E-state index in [9.17, 15) is 10.1 Å². The number of terminal acetylenes is 1. The first-order valence-electron chi connectivity index (χ1n) is 3.95. The van der Waals surface area contributed by atoms with Crippen molar-refractivity contribution in [2.24, 2.45) is 0 Å². The topological polar surface area (TPSA) is 60.7 Å². The molecule has 0 atom stereocenters. The molecule has 1 rings (SSSR count). The van der Waals surface area contributed by atoms with Crippen LogP contribution in [0.3, 0.4) is 0 Å². The van der Waals surface area contributed by atoms with Gasteiger partial charge in [-0.1, -0.05) is 0 Å². The van der Waals surface area contributed by atoms with Gasteiger partial charge in [0.2, 0.25) is 0 Å². The Labute approximate surface area is 99.0 Å². The van der Waals surface area contributed by atoms with Crippen LogP contribution in [-0.2, 0) is 0 Å². The van der Waals surface area contributed by atoms with Crippen molar-refractivity contribution in [2.75, 3.05) is 21.1 Å². The molecule has 0 aliphatic heterocycles. The minimum atomic E-state index is -0.638. The maximum absolute atomic E-state index is 9.97. The lowest BCUT2D eigenvalue weighted by atomic mass is 10.5. The van der Waals surface area contributed by atoms with Crippen LogP contribution in [-0.4, -0.2) is 26.1 Å². The molecule has 1 N–H and O–H groups in total. The van der Waals surface area contributed by atoms with E-state index in [1.807, 2.05) is 0 Å². The molecule has 0 saturated carbocycles. The van der Waals surface area contributed by atoms with E-state index in [4.69, 9.17) is 6.42 Å². The van der Waals surface area contributed by atoms with Gasteiger partial charge in [-0.25, -0.2) is 0 Å². The van der Waals surface area contributed by atoms with E-state index in [1.54, 1.807) is 0 Å². The summed E-state index contributed by atoms with van der Waals surface area (Å²) < 4.78 is 4.56. The Morgan fingerprint density at radius 2 is 1.93 bits per heavy atom. The maximum atomic E-state index is 9.97. The number of nitrogens with zero attached hydrogens (tertiary/aromatic N) is 1. The van der Waals surface area contributed by atoms with Crippen LogP contribution in [0.25, 0.3) is 0 Å². The number of nitrogens with one attached hydrogen (secondary N) is 1. The molecule has 0 aliphatic rings. The molecule has 0 fully saturated rings. The van der Waals surface area contributed by atoms with Gasteiger partial charge in [0, 0.05) is 6.07 Å². The van der Waals surface area contributed by atoms with E-state index in [1.165, 1.54) is 17.0 Å². The van der Waals surface area contributed by atoms with Crippen molar-refractivity contribution in [1.82, 2.24) is 0 Å². The normalized spacial score (nSPS) is 8.20. The zero-order valence-electron chi connectivity index (χ0n) is 8.78. The third-order valence-corrected chi connectivity index (χ3v) is 0.914. The van der Waals surface area contributed by atoms with E-state index < -0.39 is 4.92 Å². The third kappa shape index (κ3) is 7.73. The lowest BCUT2D eigenvalue weighted by molar-refractivity contribution is -0.836. The van der Waals surface area contributed by atoms with Gasteiger partial charge >= 0.3 is 5.88 Å². The minimum Gasteiger partial charge on any atom is -1.00 e. The second kappa shape index (κ2) is 8.03. The summed E-state index contributed by atoms with van der Waals surface area (Å²) in [7, 11) is 6.25. The van der Waals surface area contributed by atoms with E-state index in [2.05, 4.69) is 31.5 Å². The summed E-state index contributed by atoms with van der Waals surface area (Å²) in [6, 6.07) is 2.59. The van der Waals surface area contributed by atoms with Crippen LogP contribution in [0.4, 0.5) is 5.88 Å². The maximum Gasteiger partial charge on any atom is 0.434 e. The fourth-order valence-electron chi connectivity index (χ4n) is 0.503. The summed E-state index contributed by atoms with van der Waals surface area (Å²) in [5.41, 5.74) is 0. The van der Waals surface area contributed by atoms with Crippen molar-refractivity contribution in [2.45, 2.75) is 0 Å². The molecule has 0 unspecified atom stereocenters. The van der Waals surface area contributed by atoms with Gasteiger partial charge in [0.05, 0.1) is 27.2 Å². The monoisotopic (exact) mass is 276 g/mol. The van der Waals surface area contributed by atoms with Gasteiger partial charge in [0.25, 0.3) is 0 Å². The van der Waals surface area contributed by atoms with E-state index in [-0.39, 0.29) is 28.6 Å². The summed E-state index contributed by atoms with van der Waals surface area (Å²) in [6.07, 6.45) is 4.90. The van der Waals surface area contributed by atoms with Gasteiger partial charge in [-0.2, -0.15) is 0 Å². The second-order valence-electron chi connectivity index (χ2n) is 3.04. The summed E-state index contributed by atoms with van der Waals surface area (Å²) in [5.74, 6) is 1.98.